The largest absolute Gasteiger partial charge is 0.339 e. The number of nitrogens with zero attached hydrogens (tertiary/aromatic N) is 4. The lowest BCUT2D eigenvalue weighted by atomic mass is 10.0. The second-order valence-electron chi connectivity index (χ2n) is 5.57. The first-order valence-electron chi connectivity index (χ1n) is 7.29. The average molecular weight is 308 g/mol. The minimum Gasteiger partial charge on any atom is -0.339 e. The molecule has 1 aromatic heterocycles. The van der Waals surface area contributed by atoms with Crippen LogP contribution in [0.1, 0.15) is 25.8 Å². The van der Waals surface area contributed by atoms with E-state index in [1.165, 1.54) is 6.92 Å². The molecule has 3 heterocycles. The molecule has 2 amide bonds. The molecule has 21 heavy (non-hydrogen) atoms. The highest BCUT2D eigenvalue weighted by molar-refractivity contribution is 7.99. The third kappa shape index (κ3) is 2.92. The van der Waals surface area contributed by atoms with Crippen molar-refractivity contribution in [2.24, 2.45) is 0 Å². The van der Waals surface area contributed by atoms with Crippen molar-refractivity contribution in [1.29, 1.82) is 0 Å². The maximum atomic E-state index is 12.7. The van der Waals surface area contributed by atoms with Gasteiger partial charge in [-0.3, -0.25) is 14.3 Å². The second-order valence-corrected chi connectivity index (χ2v) is 6.57. The maximum absolute atomic E-state index is 12.7. The molecule has 2 saturated heterocycles. The fourth-order valence-electron chi connectivity index (χ4n) is 3.04. The number of likely N-dealkylation sites (tertiary alicyclic amines) is 1. The van der Waals surface area contributed by atoms with Gasteiger partial charge in [0, 0.05) is 38.2 Å². The summed E-state index contributed by atoms with van der Waals surface area (Å²) in [6, 6.07) is 1.87. The van der Waals surface area contributed by atoms with Crippen molar-refractivity contribution in [2.75, 3.05) is 24.7 Å². The summed E-state index contributed by atoms with van der Waals surface area (Å²) in [7, 11) is 0. The van der Waals surface area contributed by atoms with Gasteiger partial charge in [-0.1, -0.05) is 0 Å². The van der Waals surface area contributed by atoms with E-state index in [0.29, 0.717) is 18.2 Å². The molecule has 0 spiro atoms. The average Bonchev–Trinajstić information content (AvgIpc) is 3.17. The first kappa shape index (κ1) is 14.4. The smallest absolute Gasteiger partial charge is 0.246 e. The number of carbonyl (C=O) groups excluding carboxylic acids is 2. The van der Waals surface area contributed by atoms with E-state index in [4.69, 9.17) is 0 Å². The summed E-state index contributed by atoms with van der Waals surface area (Å²) in [4.78, 5) is 27.9. The van der Waals surface area contributed by atoms with Gasteiger partial charge in [0.1, 0.15) is 6.04 Å². The van der Waals surface area contributed by atoms with Crippen LogP contribution in [0.5, 0.6) is 0 Å². The van der Waals surface area contributed by atoms with Gasteiger partial charge in [-0.2, -0.15) is 5.10 Å². The first-order chi connectivity index (χ1) is 10.2. The molecule has 0 bridgehead atoms. The van der Waals surface area contributed by atoms with Gasteiger partial charge in [0.2, 0.25) is 11.8 Å². The highest BCUT2D eigenvalue weighted by Gasteiger charge is 2.37. The van der Waals surface area contributed by atoms with Crippen LogP contribution in [0.3, 0.4) is 0 Å². The standard InChI is InChI=1S/C14H20N4O2S/c1-11(19)17-10-21-9-13(17)14(20)16-6-2-4-12(8-16)18-7-3-5-15-18/h3,5,7,12-13H,2,4,6,8-10H2,1H3. The van der Waals surface area contributed by atoms with Crippen LogP contribution in [0.2, 0.25) is 0 Å². The molecule has 1 aromatic rings. The summed E-state index contributed by atoms with van der Waals surface area (Å²) in [6.45, 7) is 3.01. The number of carbonyl (C=O) groups is 2. The van der Waals surface area contributed by atoms with E-state index in [-0.39, 0.29) is 23.9 Å². The highest BCUT2D eigenvalue weighted by Crippen LogP contribution is 2.26. The molecule has 0 aliphatic carbocycles. The fraction of sp³-hybridized carbons (Fsp3) is 0.643. The van der Waals surface area contributed by atoms with Crippen molar-refractivity contribution in [3.8, 4) is 0 Å². The summed E-state index contributed by atoms with van der Waals surface area (Å²) in [5.74, 6) is 1.41. The van der Waals surface area contributed by atoms with Crippen LogP contribution in [0.4, 0.5) is 0 Å². The van der Waals surface area contributed by atoms with Crippen molar-refractivity contribution in [3.05, 3.63) is 18.5 Å². The van der Waals surface area contributed by atoms with Crippen molar-refractivity contribution >= 4 is 23.6 Å². The molecule has 0 radical (unpaired) electrons. The van der Waals surface area contributed by atoms with Crippen LogP contribution in [-0.2, 0) is 9.59 Å². The number of hydrogen-bond donors (Lipinski definition) is 0. The monoisotopic (exact) mass is 308 g/mol. The van der Waals surface area contributed by atoms with E-state index in [1.807, 2.05) is 21.8 Å². The lowest BCUT2D eigenvalue weighted by Gasteiger charge is -2.35. The van der Waals surface area contributed by atoms with Gasteiger partial charge in [-0.05, 0) is 18.9 Å². The molecular formula is C14H20N4O2S. The number of amides is 2. The second kappa shape index (κ2) is 6.09. The van der Waals surface area contributed by atoms with Gasteiger partial charge < -0.3 is 9.80 Å². The number of piperidine rings is 1. The Morgan fingerprint density at radius 3 is 2.95 bits per heavy atom. The molecule has 2 atom stereocenters. The molecule has 0 N–H and O–H groups in total. The molecular weight excluding hydrogens is 288 g/mol. The number of thioether (sulfide) groups is 1. The van der Waals surface area contributed by atoms with Crippen molar-refractivity contribution < 1.29 is 9.59 Å². The van der Waals surface area contributed by atoms with E-state index in [9.17, 15) is 9.59 Å². The zero-order valence-corrected chi connectivity index (χ0v) is 13.0. The van der Waals surface area contributed by atoms with Crippen molar-refractivity contribution in [3.63, 3.8) is 0 Å². The summed E-state index contributed by atoms with van der Waals surface area (Å²) in [5.41, 5.74) is 0. The van der Waals surface area contributed by atoms with Gasteiger partial charge >= 0.3 is 0 Å². The van der Waals surface area contributed by atoms with Crippen LogP contribution in [0, 0.1) is 0 Å². The van der Waals surface area contributed by atoms with Crippen LogP contribution in [-0.4, -0.2) is 62.2 Å². The summed E-state index contributed by atoms with van der Waals surface area (Å²) >= 11 is 1.65. The van der Waals surface area contributed by atoms with Crippen LogP contribution in [0.15, 0.2) is 18.5 Å². The molecule has 6 nitrogen and oxygen atoms in total. The Kier molecular flexibility index (Phi) is 4.19. The Morgan fingerprint density at radius 2 is 2.24 bits per heavy atom. The number of hydrogen-bond acceptors (Lipinski definition) is 4. The van der Waals surface area contributed by atoms with E-state index in [0.717, 1.165) is 19.4 Å². The Balaban J connectivity index is 1.68. The summed E-state index contributed by atoms with van der Waals surface area (Å²) in [6.07, 6.45) is 5.75. The van der Waals surface area contributed by atoms with Gasteiger partial charge in [0.15, 0.2) is 0 Å². The van der Waals surface area contributed by atoms with Gasteiger partial charge in [-0.15, -0.1) is 11.8 Å². The molecule has 0 saturated carbocycles. The van der Waals surface area contributed by atoms with Crippen LogP contribution in [0.25, 0.3) is 0 Å². The molecule has 2 aliphatic rings. The van der Waals surface area contributed by atoms with Crippen LogP contribution < -0.4 is 0 Å². The predicted molar refractivity (Wildman–Crippen MR) is 80.7 cm³/mol. The predicted octanol–water partition coefficient (Wildman–Crippen LogP) is 0.968. The molecule has 2 unspecified atom stereocenters. The Hall–Kier alpha value is -1.50. The van der Waals surface area contributed by atoms with E-state index < -0.39 is 0 Å². The normalized spacial score (nSPS) is 26.1. The lowest BCUT2D eigenvalue weighted by Crippen LogP contribution is -2.51. The summed E-state index contributed by atoms with van der Waals surface area (Å²) in [5, 5.41) is 4.28. The molecule has 7 heteroatoms. The summed E-state index contributed by atoms with van der Waals surface area (Å²) < 4.78 is 1.94. The van der Waals surface area contributed by atoms with Crippen LogP contribution >= 0.6 is 11.8 Å². The lowest BCUT2D eigenvalue weighted by molar-refractivity contribution is -0.143. The number of aromatic nitrogens is 2. The Bertz CT molecular complexity index is 519. The fourth-order valence-corrected chi connectivity index (χ4v) is 4.25. The maximum Gasteiger partial charge on any atom is 0.246 e. The minimum atomic E-state index is -0.288. The Labute approximate surface area is 128 Å². The van der Waals surface area contributed by atoms with Gasteiger partial charge in [0.05, 0.1) is 11.9 Å². The van der Waals surface area contributed by atoms with E-state index in [2.05, 4.69) is 5.10 Å². The van der Waals surface area contributed by atoms with E-state index >= 15 is 0 Å². The molecule has 114 valence electrons. The molecule has 2 aliphatic heterocycles. The van der Waals surface area contributed by atoms with Gasteiger partial charge in [0.25, 0.3) is 0 Å². The van der Waals surface area contributed by atoms with Gasteiger partial charge in [-0.25, -0.2) is 0 Å². The van der Waals surface area contributed by atoms with Crippen molar-refractivity contribution in [1.82, 2.24) is 19.6 Å². The molecule has 2 fully saturated rings. The quantitative estimate of drug-likeness (QED) is 0.817. The highest BCUT2D eigenvalue weighted by atomic mass is 32.2. The third-order valence-electron chi connectivity index (χ3n) is 4.18. The van der Waals surface area contributed by atoms with Crippen molar-refractivity contribution in [2.45, 2.75) is 31.8 Å². The topological polar surface area (TPSA) is 58.4 Å². The van der Waals surface area contributed by atoms with E-state index in [1.54, 1.807) is 22.9 Å². The molecule has 0 aromatic carbocycles. The minimum absolute atomic E-state index is 0.0148. The molecule has 3 rings (SSSR count). The zero-order valence-electron chi connectivity index (χ0n) is 12.1. The SMILES string of the molecule is CC(=O)N1CSCC1C(=O)N1CCCC(n2cccn2)C1. The first-order valence-corrected chi connectivity index (χ1v) is 8.45. The third-order valence-corrected chi connectivity index (χ3v) is 5.19. The zero-order chi connectivity index (χ0) is 14.8. The number of rotatable bonds is 2. The Morgan fingerprint density at radius 1 is 1.38 bits per heavy atom.